The molecule has 2 unspecified atom stereocenters. The van der Waals surface area contributed by atoms with Crippen molar-refractivity contribution in [3.63, 3.8) is 0 Å². The molecular weight excluding hydrogens is 344 g/mol. The van der Waals surface area contributed by atoms with E-state index < -0.39 is 11.9 Å². The number of nitrogens with zero attached hydrogens (tertiary/aromatic N) is 3. The minimum Gasteiger partial charge on any atom is -0.481 e. The maximum atomic E-state index is 12.7. The molecule has 3 heterocycles. The fraction of sp³-hybridized carbons (Fsp3) is 0.550. The fourth-order valence-electron chi connectivity index (χ4n) is 4.33. The Morgan fingerprint density at radius 2 is 2.07 bits per heavy atom. The Bertz CT molecular complexity index is 875. The second-order valence-corrected chi connectivity index (χ2v) is 7.90. The fourth-order valence-corrected chi connectivity index (χ4v) is 4.33. The van der Waals surface area contributed by atoms with Crippen molar-refractivity contribution in [3.8, 4) is 0 Å². The number of aliphatic carboxylic acids is 1. The van der Waals surface area contributed by atoms with Gasteiger partial charge >= 0.3 is 12.0 Å². The molecule has 0 radical (unpaired) electrons. The number of likely N-dealkylation sites (tertiary alicyclic amines) is 1. The molecule has 4 rings (SSSR count). The zero-order valence-electron chi connectivity index (χ0n) is 15.6. The Morgan fingerprint density at radius 3 is 2.89 bits per heavy atom. The number of aryl methyl sites for hydroxylation is 2. The number of imidazole rings is 1. The highest BCUT2D eigenvalue weighted by Crippen LogP contribution is 2.26. The number of carbonyl (C=O) groups is 2. The number of carbonyl (C=O) groups excluding carboxylic acids is 1. The Morgan fingerprint density at radius 1 is 1.22 bits per heavy atom. The van der Waals surface area contributed by atoms with Crippen LogP contribution in [0.1, 0.15) is 38.4 Å². The molecule has 0 bridgehead atoms. The van der Waals surface area contributed by atoms with Gasteiger partial charge in [-0.2, -0.15) is 0 Å². The molecule has 27 heavy (non-hydrogen) atoms. The van der Waals surface area contributed by atoms with Crippen LogP contribution in [0.3, 0.4) is 0 Å². The number of amides is 2. The molecule has 0 aliphatic carbocycles. The smallest absolute Gasteiger partial charge is 0.321 e. The van der Waals surface area contributed by atoms with Gasteiger partial charge in [-0.05, 0) is 43.4 Å². The number of carboxylic acid groups (broad SMARTS) is 1. The number of benzene rings is 1. The zero-order valence-corrected chi connectivity index (χ0v) is 15.6. The summed E-state index contributed by atoms with van der Waals surface area (Å²) in [6, 6.07) is 5.60. The van der Waals surface area contributed by atoms with E-state index in [4.69, 9.17) is 4.98 Å². The zero-order chi connectivity index (χ0) is 19.0. The van der Waals surface area contributed by atoms with Crippen molar-refractivity contribution < 1.29 is 14.7 Å². The van der Waals surface area contributed by atoms with Gasteiger partial charge in [0.25, 0.3) is 0 Å². The van der Waals surface area contributed by atoms with Crippen molar-refractivity contribution in [1.82, 2.24) is 14.5 Å². The van der Waals surface area contributed by atoms with Crippen LogP contribution in [-0.4, -0.2) is 44.6 Å². The van der Waals surface area contributed by atoms with E-state index in [9.17, 15) is 14.7 Å². The summed E-state index contributed by atoms with van der Waals surface area (Å²) in [5.74, 6) is -0.0249. The molecule has 2 aliphatic rings. The lowest BCUT2D eigenvalue weighted by Gasteiger charge is -2.34. The molecule has 1 saturated heterocycles. The van der Waals surface area contributed by atoms with Gasteiger partial charge in [0.15, 0.2) is 0 Å². The van der Waals surface area contributed by atoms with Crippen LogP contribution in [-0.2, 0) is 17.8 Å². The van der Waals surface area contributed by atoms with E-state index >= 15 is 0 Å². The van der Waals surface area contributed by atoms with E-state index in [1.54, 1.807) is 4.90 Å². The SMILES string of the molecule is CC1CC(C(=O)O)CN(C(=O)Nc2ccc3c(c2)nc2n3CCCCC2)C1. The molecule has 2 aliphatic heterocycles. The molecule has 2 N–H and O–H groups in total. The van der Waals surface area contributed by atoms with Crippen LogP contribution in [0, 0.1) is 11.8 Å². The summed E-state index contributed by atoms with van der Waals surface area (Å²) in [6.45, 7) is 3.82. The van der Waals surface area contributed by atoms with Gasteiger partial charge in [-0.15, -0.1) is 0 Å². The first-order valence-corrected chi connectivity index (χ1v) is 9.79. The van der Waals surface area contributed by atoms with Crippen LogP contribution < -0.4 is 5.32 Å². The van der Waals surface area contributed by atoms with E-state index in [2.05, 4.69) is 9.88 Å². The normalized spacial score (nSPS) is 22.9. The predicted octanol–water partition coefficient (Wildman–Crippen LogP) is 3.34. The molecule has 1 fully saturated rings. The van der Waals surface area contributed by atoms with E-state index in [0.29, 0.717) is 18.7 Å². The third kappa shape index (κ3) is 3.63. The highest BCUT2D eigenvalue weighted by Gasteiger charge is 2.32. The van der Waals surface area contributed by atoms with Crippen LogP contribution in [0.15, 0.2) is 18.2 Å². The predicted molar refractivity (Wildman–Crippen MR) is 103 cm³/mol. The lowest BCUT2D eigenvalue weighted by atomic mass is 9.91. The number of fused-ring (bicyclic) bond motifs is 3. The highest BCUT2D eigenvalue weighted by molar-refractivity contribution is 5.92. The van der Waals surface area contributed by atoms with E-state index in [-0.39, 0.29) is 18.5 Å². The summed E-state index contributed by atoms with van der Waals surface area (Å²) >= 11 is 0. The number of hydrogen-bond acceptors (Lipinski definition) is 3. The van der Waals surface area contributed by atoms with Crippen molar-refractivity contribution in [3.05, 3.63) is 24.0 Å². The third-order valence-corrected chi connectivity index (χ3v) is 5.66. The lowest BCUT2D eigenvalue weighted by molar-refractivity contribution is -0.143. The number of piperidine rings is 1. The largest absolute Gasteiger partial charge is 0.481 e. The van der Waals surface area contributed by atoms with Gasteiger partial charge in [0.05, 0.1) is 17.0 Å². The van der Waals surface area contributed by atoms with E-state index in [1.807, 2.05) is 25.1 Å². The molecule has 2 aromatic rings. The van der Waals surface area contributed by atoms with Gasteiger partial charge in [-0.1, -0.05) is 13.3 Å². The molecule has 0 spiro atoms. The molecule has 2 atom stereocenters. The van der Waals surface area contributed by atoms with Crippen LogP contribution in [0.5, 0.6) is 0 Å². The average Bonchev–Trinajstić information content (AvgIpc) is 2.81. The monoisotopic (exact) mass is 370 g/mol. The van der Waals surface area contributed by atoms with Gasteiger partial charge in [0, 0.05) is 31.7 Å². The molecule has 7 heteroatoms. The molecular formula is C20H26N4O3. The van der Waals surface area contributed by atoms with Crippen molar-refractivity contribution in [2.45, 2.75) is 45.6 Å². The first-order valence-electron chi connectivity index (χ1n) is 9.79. The number of anilines is 1. The standard InChI is InChI=1S/C20H26N4O3/c1-13-9-14(19(25)26)12-23(11-13)20(27)21-15-6-7-17-16(10-15)22-18-5-3-2-4-8-24(17)18/h6-7,10,13-14H,2-5,8-9,11-12H2,1H3,(H,21,27)(H,25,26). The maximum absolute atomic E-state index is 12.7. The van der Waals surface area contributed by atoms with E-state index in [0.717, 1.165) is 29.8 Å². The molecule has 144 valence electrons. The molecule has 7 nitrogen and oxygen atoms in total. The summed E-state index contributed by atoms with van der Waals surface area (Å²) in [6.07, 6.45) is 5.20. The van der Waals surface area contributed by atoms with Gasteiger partial charge < -0.3 is 19.9 Å². The van der Waals surface area contributed by atoms with Crippen molar-refractivity contribution >= 4 is 28.7 Å². The minimum absolute atomic E-state index is 0.178. The lowest BCUT2D eigenvalue weighted by Crippen LogP contribution is -2.47. The van der Waals surface area contributed by atoms with Gasteiger partial charge in [0.2, 0.25) is 0 Å². The average molecular weight is 370 g/mol. The minimum atomic E-state index is -0.833. The summed E-state index contributed by atoms with van der Waals surface area (Å²) in [5, 5.41) is 12.2. The topological polar surface area (TPSA) is 87.5 Å². The number of nitrogens with one attached hydrogen (secondary N) is 1. The molecule has 2 amide bonds. The number of urea groups is 1. The van der Waals surface area contributed by atoms with E-state index in [1.165, 1.54) is 19.3 Å². The highest BCUT2D eigenvalue weighted by atomic mass is 16.4. The van der Waals surface area contributed by atoms with Gasteiger partial charge in [0.1, 0.15) is 5.82 Å². The van der Waals surface area contributed by atoms with Crippen molar-refractivity contribution in [1.29, 1.82) is 0 Å². The Labute approximate surface area is 158 Å². The summed E-state index contributed by atoms with van der Waals surface area (Å²) < 4.78 is 2.29. The second-order valence-electron chi connectivity index (χ2n) is 7.90. The first-order chi connectivity index (χ1) is 13.0. The quantitative estimate of drug-likeness (QED) is 0.849. The number of rotatable bonds is 2. The number of carboxylic acids is 1. The van der Waals surface area contributed by atoms with Crippen molar-refractivity contribution in [2.75, 3.05) is 18.4 Å². The Hall–Kier alpha value is -2.57. The maximum Gasteiger partial charge on any atom is 0.321 e. The number of aromatic nitrogens is 2. The third-order valence-electron chi connectivity index (χ3n) is 5.66. The van der Waals surface area contributed by atoms with Crippen LogP contribution in [0.25, 0.3) is 11.0 Å². The number of hydrogen-bond donors (Lipinski definition) is 2. The first kappa shape index (κ1) is 17.8. The van der Waals surface area contributed by atoms with Crippen LogP contribution >= 0.6 is 0 Å². The van der Waals surface area contributed by atoms with Crippen LogP contribution in [0.2, 0.25) is 0 Å². The Balaban J connectivity index is 1.51. The molecule has 1 aromatic carbocycles. The van der Waals surface area contributed by atoms with Gasteiger partial charge in [-0.25, -0.2) is 9.78 Å². The summed E-state index contributed by atoms with van der Waals surface area (Å²) in [5.41, 5.74) is 2.72. The second kappa shape index (κ2) is 7.21. The summed E-state index contributed by atoms with van der Waals surface area (Å²) in [4.78, 5) is 30.4. The summed E-state index contributed by atoms with van der Waals surface area (Å²) in [7, 11) is 0. The molecule has 1 aromatic heterocycles. The van der Waals surface area contributed by atoms with Crippen molar-refractivity contribution in [2.24, 2.45) is 11.8 Å². The molecule has 0 saturated carbocycles. The van der Waals surface area contributed by atoms with Gasteiger partial charge in [-0.3, -0.25) is 4.79 Å². The van der Waals surface area contributed by atoms with Crippen LogP contribution in [0.4, 0.5) is 10.5 Å². The Kier molecular flexibility index (Phi) is 4.76.